The third-order valence-corrected chi connectivity index (χ3v) is 3.82. The van der Waals surface area contributed by atoms with Crippen molar-refractivity contribution in [3.63, 3.8) is 0 Å². The summed E-state index contributed by atoms with van der Waals surface area (Å²) in [6, 6.07) is 0.239. The van der Waals surface area contributed by atoms with Gasteiger partial charge < -0.3 is 9.88 Å². The van der Waals surface area contributed by atoms with Crippen molar-refractivity contribution in [3.05, 3.63) is 28.8 Å². The first-order chi connectivity index (χ1) is 8.26. The van der Waals surface area contributed by atoms with Crippen LogP contribution in [-0.2, 0) is 13.0 Å². The van der Waals surface area contributed by atoms with Gasteiger partial charge in [0.1, 0.15) is 5.82 Å². The number of hydrogen-bond donors (Lipinski definition) is 1. The van der Waals surface area contributed by atoms with E-state index in [2.05, 4.69) is 31.4 Å². The molecule has 1 atom stereocenters. The molecule has 92 valence electrons. The Morgan fingerprint density at radius 3 is 2.94 bits per heavy atom. The van der Waals surface area contributed by atoms with Gasteiger partial charge in [0.15, 0.2) is 0 Å². The Hall–Kier alpha value is -1.27. The van der Waals surface area contributed by atoms with Gasteiger partial charge in [0.2, 0.25) is 0 Å². The number of likely N-dealkylation sites (N-methyl/N-ethyl adjacent to an activating group) is 1. The molecule has 0 bridgehead atoms. The van der Waals surface area contributed by atoms with Gasteiger partial charge in [-0.15, -0.1) is 5.10 Å². The van der Waals surface area contributed by atoms with Crippen molar-refractivity contribution in [2.75, 3.05) is 7.05 Å². The van der Waals surface area contributed by atoms with E-state index in [0.29, 0.717) is 0 Å². The maximum atomic E-state index is 4.40. The van der Waals surface area contributed by atoms with E-state index in [-0.39, 0.29) is 6.04 Å². The van der Waals surface area contributed by atoms with E-state index in [1.807, 2.05) is 26.4 Å². The van der Waals surface area contributed by atoms with Crippen LogP contribution in [-0.4, -0.2) is 26.2 Å². The highest BCUT2D eigenvalue weighted by atomic mass is 32.1. The van der Waals surface area contributed by atoms with E-state index in [1.54, 1.807) is 0 Å². The number of rotatable bonds is 5. The SMILES string of the molecule is CCn1ccnc1CC(NC)c1snnc1C. The van der Waals surface area contributed by atoms with Gasteiger partial charge in [0, 0.05) is 25.4 Å². The molecule has 17 heavy (non-hydrogen) atoms. The van der Waals surface area contributed by atoms with E-state index in [0.717, 1.165) is 24.5 Å². The van der Waals surface area contributed by atoms with Gasteiger partial charge in [-0.25, -0.2) is 4.98 Å². The fourth-order valence-electron chi connectivity index (χ4n) is 1.88. The Balaban J connectivity index is 2.19. The van der Waals surface area contributed by atoms with E-state index >= 15 is 0 Å². The molecule has 0 spiro atoms. The standard InChI is InChI=1S/C11H17N5S/c1-4-16-6-5-13-10(16)7-9(12-3)11-8(2)14-15-17-11/h5-6,9,12H,4,7H2,1-3H3. The smallest absolute Gasteiger partial charge is 0.110 e. The summed E-state index contributed by atoms with van der Waals surface area (Å²) in [7, 11) is 1.96. The van der Waals surface area contributed by atoms with Crippen molar-refractivity contribution in [3.8, 4) is 0 Å². The Bertz CT molecular complexity index is 476. The fraction of sp³-hybridized carbons (Fsp3) is 0.545. The molecule has 1 N–H and O–H groups in total. The highest BCUT2D eigenvalue weighted by molar-refractivity contribution is 7.05. The summed E-state index contributed by atoms with van der Waals surface area (Å²) in [5.74, 6) is 1.10. The molecule has 2 heterocycles. The highest BCUT2D eigenvalue weighted by Gasteiger charge is 2.18. The number of aryl methyl sites for hydroxylation is 2. The quantitative estimate of drug-likeness (QED) is 0.876. The van der Waals surface area contributed by atoms with Gasteiger partial charge in [0.05, 0.1) is 16.6 Å². The van der Waals surface area contributed by atoms with Gasteiger partial charge in [0.25, 0.3) is 0 Å². The average Bonchev–Trinajstić information content (AvgIpc) is 2.94. The Labute approximate surface area is 105 Å². The molecule has 0 aliphatic rings. The van der Waals surface area contributed by atoms with Crippen LogP contribution in [0.3, 0.4) is 0 Å². The van der Waals surface area contributed by atoms with Crippen molar-refractivity contribution in [2.24, 2.45) is 0 Å². The fourth-order valence-corrected chi connectivity index (χ4v) is 2.64. The van der Waals surface area contributed by atoms with Crippen LogP contribution < -0.4 is 5.32 Å². The van der Waals surface area contributed by atoms with Crippen LogP contribution in [0, 0.1) is 6.92 Å². The first-order valence-corrected chi connectivity index (χ1v) is 6.49. The minimum atomic E-state index is 0.239. The second kappa shape index (κ2) is 5.37. The molecule has 0 aliphatic heterocycles. The van der Waals surface area contributed by atoms with Gasteiger partial charge in [-0.2, -0.15) is 0 Å². The average molecular weight is 251 g/mol. The van der Waals surface area contributed by atoms with Crippen LogP contribution in [0.4, 0.5) is 0 Å². The monoisotopic (exact) mass is 251 g/mol. The largest absolute Gasteiger partial charge is 0.335 e. The number of aromatic nitrogens is 4. The number of nitrogens with zero attached hydrogens (tertiary/aromatic N) is 4. The van der Waals surface area contributed by atoms with Gasteiger partial charge in [-0.1, -0.05) is 4.49 Å². The van der Waals surface area contributed by atoms with Crippen LogP contribution in [0.1, 0.15) is 29.4 Å². The summed E-state index contributed by atoms with van der Waals surface area (Å²) in [6.07, 6.45) is 4.73. The summed E-state index contributed by atoms with van der Waals surface area (Å²) in [5, 5.41) is 7.37. The number of hydrogen-bond acceptors (Lipinski definition) is 5. The zero-order chi connectivity index (χ0) is 12.3. The van der Waals surface area contributed by atoms with Gasteiger partial charge in [-0.05, 0) is 32.4 Å². The highest BCUT2D eigenvalue weighted by Crippen LogP contribution is 2.22. The van der Waals surface area contributed by atoms with Crippen molar-refractivity contribution in [1.82, 2.24) is 24.5 Å². The molecule has 2 aromatic heterocycles. The minimum absolute atomic E-state index is 0.239. The molecule has 6 heteroatoms. The minimum Gasteiger partial charge on any atom is -0.335 e. The van der Waals surface area contributed by atoms with Crippen LogP contribution in [0.25, 0.3) is 0 Å². The van der Waals surface area contributed by atoms with E-state index in [9.17, 15) is 0 Å². The zero-order valence-corrected chi connectivity index (χ0v) is 11.2. The molecular weight excluding hydrogens is 234 g/mol. The summed E-state index contributed by atoms with van der Waals surface area (Å²) >= 11 is 1.46. The zero-order valence-electron chi connectivity index (χ0n) is 10.3. The van der Waals surface area contributed by atoms with E-state index in [4.69, 9.17) is 0 Å². The van der Waals surface area contributed by atoms with Crippen molar-refractivity contribution in [2.45, 2.75) is 32.9 Å². The van der Waals surface area contributed by atoms with Gasteiger partial charge >= 0.3 is 0 Å². The van der Waals surface area contributed by atoms with Crippen molar-refractivity contribution >= 4 is 11.5 Å². The lowest BCUT2D eigenvalue weighted by Gasteiger charge is -2.14. The molecule has 5 nitrogen and oxygen atoms in total. The molecule has 0 saturated heterocycles. The van der Waals surface area contributed by atoms with Crippen LogP contribution in [0.2, 0.25) is 0 Å². The molecule has 0 radical (unpaired) electrons. The van der Waals surface area contributed by atoms with E-state index < -0.39 is 0 Å². The maximum Gasteiger partial charge on any atom is 0.110 e. The maximum absolute atomic E-state index is 4.40. The third kappa shape index (κ3) is 2.53. The Morgan fingerprint density at radius 2 is 2.35 bits per heavy atom. The molecule has 0 aromatic carbocycles. The molecule has 2 aromatic rings. The Kier molecular flexibility index (Phi) is 3.86. The first kappa shape index (κ1) is 12.2. The summed E-state index contributed by atoms with van der Waals surface area (Å²) in [6.45, 7) is 5.07. The summed E-state index contributed by atoms with van der Waals surface area (Å²) in [4.78, 5) is 5.59. The molecule has 0 amide bonds. The van der Waals surface area contributed by atoms with Crippen LogP contribution in [0.15, 0.2) is 12.4 Å². The molecule has 0 fully saturated rings. The lowest BCUT2D eigenvalue weighted by molar-refractivity contribution is 0.557. The number of nitrogens with one attached hydrogen (secondary N) is 1. The summed E-state index contributed by atoms with van der Waals surface area (Å²) in [5.41, 5.74) is 1.00. The van der Waals surface area contributed by atoms with Gasteiger partial charge in [-0.3, -0.25) is 0 Å². The third-order valence-electron chi connectivity index (χ3n) is 2.88. The van der Waals surface area contributed by atoms with Crippen LogP contribution in [0.5, 0.6) is 0 Å². The molecule has 0 aliphatic carbocycles. The second-order valence-electron chi connectivity index (χ2n) is 3.90. The first-order valence-electron chi connectivity index (χ1n) is 5.72. The van der Waals surface area contributed by atoms with Crippen LogP contribution >= 0.6 is 11.5 Å². The van der Waals surface area contributed by atoms with Crippen molar-refractivity contribution < 1.29 is 0 Å². The predicted octanol–water partition coefficient (Wildman–Crippen LogP) is 1.57. The number of imidazole rings is 1. The van der Waals surface area contributed by atoms with Crippen molar-refractivity contribution in [1.29, 1.82) is 0 Å². The lowest BCUT2D eigenvalue weighted by atomic mass is 10.1. The lowest BCUT2D eigenvalue weighted by Crippen LogP contribution is -2.20. The molecular formula is C11H17N5S. The van der Waals surface area contributed by atoms with E-state index in [1.165, 1.54) is 16.4 Å². The predicted molar refractivity (Wildman–Crippen MR) is 68.1 cm³/mol. The summed E-state index contributed by atoms with van der Waals surface area (Å²) < 4.78 is 6.15. The normalized spacial score (nSPS) is 12.9. The molecule has 0 saturated carbocycles. The molecule has 1 unspecified atom stereocenters. The topological polar surface area (TPSA) is 55.6 Å². The Morgan fingerprint density at radius 1 is 1.53 bits per heavy atom. The second-order valence-corrected chi connectivity index (χ2v) is 4.68. The molecule has 2 rings (SSSR count).